The average molecular weight is 269 g/mol. The van der Waals surface area contributed by atoms with Gasteiger partial charge in [0.2, 0.25) is 10.0 Å². The summed E-state index contributed by atoms with van der Waals surface area (Å²) in [4.78, 5) is 0.322. The van der Waals surface area contributed by atoms with Crippen LogP contribution < -0.4 is 11.3 Å². The van der Waals surface area contributed by atoms with Crippen molar-refractivity contribution in [3.63, 3.8) is 0 Å². The number of hydrogen-bond acceptors (Lipinski definition) is 4. The van der Waals surface area contributed by atoms with Crippen LogP contribution in [0.2, 0.25) is 0 Å². The maximum absolute atomic E-state index is 12.4. The number of hydrazine groups is 1. The fourth-order valence-electron chi connectivity index (χ4n) is 2.15. The smallest absolute Gasteiger partial charge is 0.243 e. The Morgan fingerprint density at radius 2 is 1.67 bits per heavy atom. The molecule has 0 spiro atoms. The predicted octanol–water partition coefficient (Wildman–Crippen LogP) is 1.25. The van der Waals surface area contributed by atoms with E-state index >= 15 is 0 Å². The Labute approximate surface area is 108 Å². The van der Waals surface area contributed by atoms with Crippen molar-refractivity contribution in [1.29, 1.82) is 0 Å². The van der Waals surface area contributed by atoms with E-state index in [9.17, 15) is 8.42 Å². The molecule has 1 aromatic rings. The van der Waals surface area contributed by atoms with E-state index in [4.69, 9.17) is 5.84 Å². The number of nitrogen functional groups attached to an aromatic ring is 1. The number of anilines is 1. The van der Waals surface area contributed by atoms with E-state index in [1.807, 2.05) is 0 Å². The zero-order chi connectivity index (χ0) is 13.3. The highest BCUT2D eigenvalue weighted by atomic mass is 32.2. The first-order chi connectivity index (χ1) is 8.45. The quantitative estimate of drug-likeness (QED) is 0.639. The molecule has 5 nitrogen and oxygen atoms in total. The van der Waals surface area contributed by atoms with Crippen molar-refractivity contribution >= 4 is 15.7 Å². The van der Waals surface area contributed by atoms with Gasteiger partial charge in [-0.15, -0.1) is 0 Å². The Bertz CT molecular complexity index is 503. The van der Waals surface area contributed by atoms with Gasteiger partial charge in [0.05, 0.1) is 4.90 Å². The zero-order valence-electron chi connectivity index (χ0n) is 10.6. The van der Waals surface area contributed by atoms with E-state index in [0.717, 1.165) is 0 Å². The molecule has 2 atom stereocenters. The van der Waals surface area contributed by atoms with Crippen molar-refractivity contribution in [2.75, 3.05) is 18.5 Å². The van der Waals surface area contributed by atoms with Crippen LogP contribution in [-0.2, 0) is 10.0 Å². The van der Waals surface area contributed by atoms with Crippen molar-refractivity contribution in [2.24, 2.45) is 17.7 Å². The van der Waals surface area contributed by atoms with Gasteiger partial charge in [0.25, 0.3) is 0 Å². The van der Waals surface area contributed by atoms with Crippen molar-refractivity contribution in [3.8, 4) is 0 Å². The largest absolute Gasteiger partial charge is 0.324 e. The number of hydrogen-bond donors (Lipinski definition) is 2. The second kappa shape index (κ2) is 4.87. The Morgan fingerprint density at radius 1 is 1.17 bits per heavy atom. The third kappa shape index (κ3) is 2.36. The van der Waals surface area contributed by atoms with Gasteiger partial charge >= 0.3 is 0 Å². The van der Waals surface area contributed by atoms with Crippen LogP contribution in [0.25, 0.3) is 0 Å². The number of nitrogens with zero attached hydrogens (tertiary/aromatic N) is 1. The molecule has 2 rings (SSSR count). The molecule has 1 aliphatic rings. The number of nitrogens with one attached hydrogen (secondary N) is 1. The molecular formula is C12H19N3O2S. The van der Waals surface area contributed by atoms with Gasteiger partial charge in [0.15, 0.2) is 0 Å². The van der Waals surface area contributed by atoms with Gasteiger partial charge in [-0.3, -0.25) is 5.84 Å². The molecule has 18 heavy (non-hydrogen) atoms. The summed E-state index contributed by atoms with van der Waals surface area (Å²) in [6.45, 7) is 5.37. The lowest BCUT2D eigenvalue weighted by molar-refractivity contribution is 0.463. The third-order valence-corrected chi connectivity index (χ3v) is 5.46. The van der Waals surface area contributed by atoms with Crippen molar-refractivity contribution in [1.82, 2.24) is 4.31 Å². The third-order valence-electron chi connectivity index (χ3n) is 3.61. The molecule has 1 heterocycles. The maximum atomic E-state index is 12.4. The van der Waals surface area contributed by atoms with E-state index in [2.05, 4.69) is 19.3 Å². The van der Waals surface area contributed by atoms with E-state index in [1.165, 1.54) is 0 Å². The second-order valence-corrected chi connectivity index (χ2v) is 6.88. The zero-order valence-corrected chi connectivity index (χ0v) is 11.4. The topological polar surface area (TPSA) is 75.4 Å². The van der Waals surface area contributed by atoms with Gasteiger partial charge in [-0.05, 0) is 36.1 Å². The molecule has 1 fully saturated rings. The lowest BCUT2D eigenvalue weighted by Gasteiger charge is -2.16. The van der Waals surface area contributed by atoms with Gasteiger partial charge < -0.3 is 5.43 Å². The monoisotopic (exact) mass is 269 g/mol. The molecule has 2 unspecified atom stereocenters. The molecule has 0 aliphatic carbocycles. The first-order valence-electron chi connectivity index (χ1n) is 6.02. The minimum Gasteiger partial charge on any atom is -0.324 e. The van der Waals surface area contributed by atoms with Crippen molar-refractivity contribution < 1.29 is 8.42 Å². The maximum Gasteiger partial charge on any atom is 0.243 e. The van der Waals surface area contributed by atoms with Crippen LogP contribution in [0.5, 0.6) is 0 Å². The Hall–Kier alpha value is -1.11. The molecule has 1 aliphatic heterocycles. The van der Waals surface area contributed by atoms with Crippen LogP contribution in [-0.4, -0.2) is 25.8 Å². The molecule has 3 N–H and O–H groups in total. The number of rotatable bonds is 3. The molecule has 1 saturated heterocycles. The predicted molar refractivity (Wildman–Crippen MR) is 71.3 cm³/mol. The van der Waals surface area contributed by atoms with E-state index in [-0.39, 0.29) is 0 Å². The minimum atomic E-state index is -3.36. The highest BCUT2D eigenvalue weighted by Crippen LogP contribution is 2.28. The molecule has 0 aromatic heterocycles. The molecule has 6 heteroatoms. The summed E-state index contributed by atoms with van der Waals surface area (Å²) in [6, 6.07) is 6.49. The van der Waals surface area contributed by atoms with E-state index in [1.54, 1.807) is 28.6 Å². The minimum absolute atomic E-state index is 0.322. The molecule has 0 saturated carbocycles. The van der Waals surface area contributed by atoms with Crippen LogP contribution in [0, 0.1) is 11.8 Å². The Balaban J connectivity index is 2.25. The van der Waals surface area contributed by atoms with Gasteiger partial charge in [-0.2, -0.15) is 4.31 Å². The van der Waals surface area contributed by atoms with Crippen molar-refractivity contribution in [2.45, 2.75) is 18.7 Å². The van der Waals surface area contributed by atoms with Gasteiger partial charge in [0, 0.05) is 18.8 Å². The molecular weight excluding hydrogens is 250 g/mol. The van der Waals surface area contributed by atoms with Crippen LogP contribution >= 0.6 is 0 Å². The van der Waals surface area contributed by atoms with Crippen molar-refractivity contribution in [3.05, 3.63) is 24.3 Å². The van der Waals surface area contributed by atoms with Crippen LogP contribution in [0.3, 0.4) is 0 Å². The molecule has 1 aromatic carbocycles. The fourth-order valence-corrected chi connectivity index (χ4v) is 3.79. The fraction of sp³-hybridized carbons (Fsp3) is 0.500. The lowest BCUT2D eigenvalue weighted by Crippen LogP contribution is -2.29. The number of benzene rings is 1. The Kier molecular flexibility index (Phi) is 3.61. The van der Waals surface area contributed by atoms with E-state index < -0.39 is 10.0 Å². The summed E-state index contributed by atoms with van der Waals surface area (Å²) in [5.41, 5.74) is 3.17. The summed E-state index contributed by atoms with van der Waals surface area (Å²) in [5.74, 6) is 6.07. The number of sulfonamides is 1. The average Bonchev–Trinajstić information content (AvgIpc) is 2.70. The van der Waals surface area contributed by atoms with Crippen LogP contribution in [0.15, 0.2) is 29.2 Å². The van der Waals surface area contributed by atoms with Gasteiger partial charge in [-0.1, -0.05) is 13.8 Å². The summed E-state index contributed by atoms with van der Waals surface area (Å²) in [7, 11) is -3.36. The summed E-state index contributed by atoms with van der Waals surface area (Å²) >= 11 is 0. The van der Waals surface area contributed by atoms with E-state index in [0.29, 0.717) is 35.5 Å². The van der Waals surface area contributed by atoms with Gasteiger partial charge in [-0.25, -0.2) is 8.42 Å². The lowest BCUT2D eigenvalue weighted by atomic mass is 10.0. The summed E-state index contributed by atoms with van der Waals surface area (Å²) in [6.07, 6.45) is 0. The normalized spacial score (nSPS) is 25.3. The summed E-state index contributed by atoms with van der Waals surface area (Å²) in [5, 5.41) is 0. The molecule has 0 amide bonds. The second-order valence-electron chi connectivity index (χ2n) is 4.95. The summed E-state index contributed by atoms with van der Waals surface area (Å²) < 4.78 is 26.4. The molecule has 0 radical (unpaired) electrons. The highest BCUT2D eigenvalue weighted by Gasteiger charge is 2.34. The first-order valence-corrected chi connectivity index (χ1v) is 7.46. The van der Waals surface area contributed by atoms with Crippen LogP contribution in [0.1, 0.15) is 13.8 Å². The van der Waals surface area contributed by atoms with Crippen LogP contribution in [0.4, 0.5) is 5.69 Å². The SMILES string of the molecule is CC1CN(S(=O)(=O)c2ccc(NN)cc2)CC1C. The van der Waals surface area contributed by atoms with Gasteiger partial charge in [0.1, 0.15) is 0 Å². The Morgan fingerprint density at radius 3 is 2.11 bits per heavy atom. The molecule has 0 bridgehead atoms. The first kappa shape index (κ1) is 13.3. The molecule has 100 valence electrons. The standard InChI is InChI=1S/C12H19N3O2S/c1-9-7-15(8-10(9)2)18(16,17)12-5-3-11(14-13)4-6-12/h3-6,9-10,14H,7-8,13H2,1-2H3. The number of nitrogens with two attached hydrogens (primary N) is 1. The highest BCUT2D eigenvalue weighted by molar-refractivity contribution is 7.89.